The predicted molar refractivity (Wildman–Crippen MR) is 79.9 cm³/mol. The first-order valence-electron chi connectivity index (χ1n) is 6.63. The van der Waals surface area contributed by atoms with Crippen LogP contribution in [0.15, 0.2) is 42.6 Å². The fraction of sp³-hybridized carbons (Fsp3) is 0.250. The molecule has 2 atom stereocenters. The van der Waals surface area contributed by atoms with Gasteiger partial charge in [0.25, 0.3) is 0 Å². The fourth-order valence-corrected chi connectivity index (χ4v) is 2.57. The molecule has 1 fully saturated rings. The summed E-state index contributed by atoms with van der Waals surface area (Å²) >= 11 is 5.99. The SMILES string of the molecule is Cc1cnc(Cl)c(NC(=O)C2CC2c2ccccc2)c1. The number of aromatic nitrogens is 1. The molecule has 3 rings (SSSR count). The minimum atomic E-state index is 0.0214. The van der Waals surface area contributed by atoms with E-state index in [1.54, 1.807) is 6.20 Å². The lowest BCUT2D eigenvalue weighted by Gasteiger charge is -2.07. The molecular weight excluding hydrogens is 272 g/mol. The van der Waals surface area contributed by atoms with E-state index in [0.717, 1.165) is 12.0 Å². The van der Waals surface area contributed by atoms with Gasteiger partial charge in [0.2, 0.25) is 5.91 Å². The molecule has 1 aliphatic carbocycles. The Balaban J connectivity index is 1.68. The minimum absolute atomic E-state index is 0.0214. The predicted octanol–water partition coefficient (Wildman–Crippen LogP) is 3.79. The van der Waals surface area contributed by atoms with Crippen LogP contribution < -0.4 is 5.32 Å². The van der Waals surface area contributed by atoms with Crippen molar-refractivity contribution in [2.45, 2.75) is 19.3 Å². The quantitative estimate of drug-likeness (QED) is 0.872. The van der Waals surface area contributed by atoms with Crippen LogP contribution in [-0.2, 0) is 4.79 Å². The van der Waals surface area contributed by atoms with Crippen LogP contribution in [0.25, 0.3) is 0 Å². The Bertz CT molecular complexity index is 642. The zero-order valence-electron chi connectivity index (χ0n) is 11.1. The molecule has 1 N–H and O–H groups in total. The molecule has 3 nitrogen and oxygen atoms in total. The average molecular weight is 287 g/mol. The van der Waals surface area contributed by atoms with Crippen LogP contribution in [0.2, 0.25) is 5.15 Å². The van der Waals surface area contributed by atoms with Crippen molar-refractivity contribution in [1.29, 1.82) is 0 Å². The van der Waals surface area contributed by atoms with Crippen LogP contribution in [0, 0.1) is 12.8 Å². The van der Waals surface area contributed by atoms with E-state index in [-0.39, 0.29) is 11.8 Å². The molecule has 1 aromatic carbocycles. The van der Waals surface area contributed by atoms with E-state index in [0.29, 0.717) is 16.8 Å². The maximum absolute atomic E-state index is 12.2. The molecule has 0 radical (unpaired) electrons. The molecule has 0 saturated heterocycles. The normalized spacial score (nSPS) is 20.5. The van der Waals surface area contributed by atoms with Crippen LogP contribution in [0.1, 0.15) is 23.5 Å². The zero-order valence-corrected chi connectivity index (χ0v) is 11.9. The average Bonchev–Trinajstić information content (AvgIpc) is 3.24. The summed E-state index contributed by atoms with van der Waals surface area (Å²) in [5, 5.41) is 3.21. The number of pyridine rings is 1. The van der Waals surface area contributed by atoms with E-state index in [1.165, 1.54) is 5.56 Å². The molecule has 1 amide bonds. The van der Waals surface area contributed by atoms with Gasteiger partial charge in [0.05, 0.1) is 5.69 Å². The van der Waals surface area contributed by atoms with Gasteiger partial charge in [-0.3, -0.25) is 4.79 Å². The van der Waals surface area contributed by atoms with E-state index in [9.17, 15) is 4.79 Å². The van der Waals surface area contributed by atoms with Crippen molar-refractivity contribution in [3.63, 3.8) is 0 Å². The molecule has 1 aromatic heterocycles. The molecule has 0 aliphatic heterocycles. The maximum Gasteiger partial charge on any atom is 0.228 e. The van der Waals surface area contributed by atoms with Gasteiger partial charge in [0.15, 0.2) is 5.15 Å². The summed E-state index contributed by atoms with van der Waals surface area (Å²) in [4.78, 5) is 16.3. The lowest BCUT2D eigenvalue weighted by atomic mass is 10.1. The Morgan fingerprint density at radius 1 is 1.35 bits per heavy atom. The molecule has 1 heterocycles. The molecule has 0 bridgehead atoms. The third-order valence-corrected chi connectivity index (χ3v) is 3.89. The van der Waals surface area contributed by atoms with E-state index in [4.69, 9.17) is 11.6 Å². The standard InChI is InChI=1S/C16H15ClN2O/c1-10-7-14(15(17)18-9-10)19-16(20)13-8-12(13)11-5-3-2-4-6-11/h2-7,9,12-13H,8H2,1H3,(H,19,20). The maximum atomic E-state index is 12.2. The molecule has 20 heavy (non-hydrogen) atoms. The van der Waals surface area contributed by atoms with E-state index < -0.39 is 0 Å². The summed E-state index contributed by atoms with van der Waals surface area (Å²) in [7, 11) is 0. The number of hydrogen-bond acceptors (Lipinski definition) is 2. The number of rotatable bonds is 3. The largest absolute Gasteiger partial charge is 0.323 e. The smallest absolute Gasteiger partial charge is 0.228 e. The van der Waals surface area contributed by atoms with Crippen molar-refractivity contribution in [3.05, 3.63) is 58.9 Å². The van der Waals surface area contributed by atoms with Crippen molar-refractivity contribution in [2.75, 3.05) is 5.32 Å². The molecule has 0 spiro atoms. The topological polar surface area (TPSA) is 42.0 Å². The second-order valence-corrected chi connectivity index (χ2v) is 5.56. The second kappa shape index (κ2) is 5.25. The van der Waals surface area contributed by atoms with Crippen LogP contribution in [0.3, 0.4) is 0 Å². The number of nitrogens with zero attached hydrogens (tertiary/aromatic N) is 1. The molecule has 4 heteroatoms. The van der Waals surface area contributed by atoms with Crippen LogP contribution >= 0.6 is 11.6 Å². The molecular formula is C16H15ClN2O. The summed E-state index contributed by atoms with van der Waals surface area (Å²) in [6.45, 7) is 1.92. The number of aryl methyl sites for hydroxylation is 1. The van der Waals surface area contributed by atoms with Crippen molar-refractivity contribution in [3.8, 4) is 0 Å². The number of anilines is 1. The van der Waals surface area contributed by atoms with Gasteiger partial charge >= 0.3 is 0 Å². The van der Waals surface area contributed by atoms with Gasteiger partial charge in [-0.2, -0.15) is 0 Å². The fourth-order valence-electron chi connectivity index (χ4n) is 2.42. The first-order chi connectivity index (χ1) is 9.65. The second-order valence-electron chi connectivity index (χ2n) is 5.20. The monoisotopic (exact) mass is 286 g/mol. The van der Waals surface area contributed by atoms with E-state index in [2.05, 4.69) is 22.4 Å². The van der Waals surface area contributed by atoms with Crippen LogP contribution in [-0.4, -0.2) is 10.9 Å². The highest BCUT2D eigenvalue weighted by molar-refractivity contribution is 6.32. The Morgan fingerprint density at radius 3 is 2.85 bits per heavy atom. The third-order valence-electron chi connectivity index (χ3n) is 3.59. The van der Waals surface area contributed by atoms with E-state index in [1.807, 2.05) is 31.2 Å². The number of carbonyl (C=O) groups is 1. The minimum Gasteiger partial charge on any atom is -0.323 e. The van der Waals surface area contributed by atoms with Crippen LogP contribution in [0.5, 0.6) is 0 Å². The molecule has 2 unspecified atom stereocenters. The van der Waals surface area contributed by atoms with Crippen molar-refractivity contribution in [1.82, 2.24) is 4.98 Å². The highest BCUT2D eigenvalue weighted by Crippen LogP contribution is 2.48. The Kier molecular flexibility index (Phi) is 3.45. The van der Waals surface area contributed by atoms with Gasteiger partial charge in [0, 0.05) is 12.1 Å². The number of hydrogen-bond donors (Lipinski definition) is 1. The number of nitrogens with one attached hydrogen (secondary N) is 1. The van der Waals surface area contributed by atoms with Gasteiger partial charge in [-0.15, -0.1) is 0 Å². The molecule has 102 valence electrons. The summed E-state index contributed by atoms with van der Waals surface area (Å²) in [5.41, 5.74) is 2.79. The van der Waals surface area contributed by atoms with Gasteiger partial charge in [0.1, 0.15) is 0 Å². The summed E-state index contributed by atoms with van der Waals surface area (Å²) < 4.78 is 0. The Labute approximate surface area is 123 Å². The van der Waals surface area contributed by atoms with Gasteiger partial charge < -0.3 is 5.32 Å². The third kappa shape index (κ3) is 2.68. The number of carbonyl (C=O) groups excluding carboxylic acids is 1. The summed E-state index contributed by atoms with van der Waals surface area (Å²) in [6.07, 6.45) is 2.58. The highest BCUT2D eigenvalue weighted by atomic mass is 35.5. The Morgan fingerprint density at radius 2 is 2.10 bits per heavy atom. The van der Waals surface area contributed by atoms with Crippen molar-refractivity contribution < 1.29 is 4.79 Å². The Hall–Kier alpha value is -1.87. The number of amides is 1. The highest BCUT2D eigenvalue weighted by Gasteiger charge is 2.43. The van der Waals surface area contributed by atoms with Crippen molar-refractivity contribution in [2.24, 2.45) is 5.92 Å². The first-order valence-corrected chi connectivity index (χ1v) is 7.01. The number of benzene rings is 1. The van der Waals surface area contributed by atoms with Gasteiger partial charge in [-0.05, 0) is 36.5 Å². The van der Waals surface area contributed by atoms with E-state index >= 15 is 0 Å². The summed E-state index contributed by atoms with van der Waals surface area (Å²) in [6, 6.07) is 12.0. The van der Waals surface area contributed by atoms with Gasteiger partial charge in [-0.25, -0.2) is 4.98 Å². The molecule has 2 aromatic rings. The van der Waals surface area contributed by atoms with Crippen molar-refractivity contribution >= 4 is 23.2 Å². The van der Waals surface area contributed by atoms with Gasteiger partial charge in [-0.1, -0.05) is 41.9 Å². The molecule has 1 aliphatic rings. The first kappa shape index (κ1) is 13.1. The lowest BCUT2D eigenvalue weighted by Crippen LogP contribution is -2.15. The molecule has 1 saturated carbocycles. The zero-order chi connectivity index (χ0) is 14.1. The summed E-state index contributed by atoms with van der Waals surface area (Å²) in [5.74, 6) is 0.384. The lowest BCUT2D eigenvalue weighted by molar-refractivity contribution is -0.117. The number of halogens is 1. The van der Waals surface area contributed by atoms with Crippen LogP contribution in [0.4, 0.5) is 5.69 Å².